The van der Waals surface area contributed by atoms with Crippen molar-refractivity contribution in [3.05, 3.63) is 12.2 Å². The van der Waals surface area contributed by atoms with Crippen LogP contribution >= 0.6 is 0 Å². The zero-order valence-electron chi connectivity index (χ0n) is 27.0. The number of allylic oxidation sites excluding steroid dienone is 1. The first-order valence-electron chi connectivity index (χ1n) is 16.6. The Hall–Kier alpha value is -0.710. The van der Waals surface area contributed by atoms with Crippen LogP contribution < -0.4 is 0 Å². The first-order chi connectivity index (χ1) is 20.8. The Morgan fingerprint density at radius 1 is 0.889 bits per heavy atom. The maximum atomic E-state index is 12.6. The summed E-state index contributed by atoms with van der Waals surface area (Å²) in [5.41, 5.74) is -2.22. The van der Waals surface area contributed by atoms with Gasteiger partial charge in [-0.05, 0) is 78.9 Å². The Kier molecular flexibility index (Phi) is 9.99. The van der Waals surface area contributed by atoms with Crippen LogP contribution in [0.15, 0.2) is 12.2 Å². The van der Waals surface area contributed by atoms with Crippen LogP contribution in [0.5, 0.6) is 0 Å². The fourth-order valence-corrected chi connectivity index (χ4v) is 11.0. The SMILES string of the molecule is CC(C)[C@H](/C=C/[C@@H](C)[C@H]1CC(O)C2[C@]3(O)C[C@H](O)C4C[C@@H](OS(=O)(=O)O)CC[C@]4(C)C3CC[C@@]21C)O[C@@H]1OC[C@@H](O)C(O)C1O. The lowest BCUT2D eigenvalue weighted by Crippen LogP contribution is -2.68. The van der Waals surface area contributed by atoms with E-state index in [2.05, 4.69) is 26.8 Å². The third kappa shape index (κ3) is 6.41. The lowest BCUT2D eigenvalue weighted by atomic mass is 9.42. The van der Waals surface area contributed by atoms with Gasteiger partial charge in [-0.25, -0.2) is 4.18 Å². The van der Waals surface area contributed by atoms with Gasteiger partial charge in [0.05, 0.1) is 36.6 Å². The van der Waals surface area contributed by atoms with Crippen molar-refractivity contribution in [2.45, 2.75) is 134 Å². The van der Waals surface area contributed by atoms with Gasteiger partial charge in [0.25, 0.3) is 0 Å². The summed E-state index contributed by atoms with van der Waals surface area (Å²) in [6, 6.07) is 0. The van der Waals surface area contributed by atoms with Crippen LogP contribution in [-0.2, 0) is 24.1 Å². The Morgan fingerprint density at radius 2 is 1.56 bits per heavy atom. The molecule has 0 aromatic rings. The molecule has 13 heteroatoms. The molecule has 1 saturated heterocycles. The molecule has 4 aliphatic carbocycles. The number of aliphatic hydroxyl groups is 6. The smallest absolute Gasteiger partial charge is 0.393 e. The zero-order chi connectivity index (χ0) is 33.3. The van der Waals surface area contributed by atoms with E-state index in [-0.39, 0.29) is 49.0 Å². The van der Waals surface area contributed by atoms with Crippen molar-refractivity contribution in [2.75, 3.05) is 6.61 Å². The van der Waals surface area contributed by atoms with Gasteiger partial charge >= 0.3 is 10.4 Å². The average Bonchev–Trinajstić information content (AvgIpc) is 3.21. The summed E-state index contributed by atoms with van der Waals surface area (Å²) in [6.45, 7) is 10.1. The van der Waals surface area contributed by atoms with Crippen LogP contribution in [0.4, 0.5) is 0 Å². The monoisotopic (exact) mass is 662 g/mol. The van der Waals surface area contributed by atoms with E-state index in [1.165, 1.54) is 0 Å². The van der Waals surface area contributed by atoms with Gasteiger partial charge in [0.15, 0.2) is 6.29 Å². The normalized spacial score (nSPS) is 50.2. The summed E-state index contributed by atoms with van der Waals surface area (Å²) in [6.07, 6.45) is -0.710. The maximum absolute atomic E-state index is 12.6. The number of ether oxygens (including phenoxy) is 2. The van der Waals surface area contributed by atoms with E-state index in [4.69, 9.17) is 13.7 Å². The van der Waals surface area contributed by atoms with Gasteiger partial charge < -0.3 is 40.1 Å². The molecule has 5 fully saturated rings. The van der Waals surface area contributed by atoms with Crippen molar-refractivity contribution in [3.63, 3.8) is 0 Å². The molecular weight excluding hydrogens is 608 g/mol. The summed E-state index contributed by atoms with van der Waals surface area (Å²) in [5, 5.41) is 65.8. The second-order valence-electron chi connectivity index (χ2n) is 15.6. The van der Waals surface area contributed by atoms with Crippen molar-refractivity contribution in [1.29, 1.82) is 0 Å². The Labute approximate surface area is 266 Å². The summed E-state index contributed by atoms with van der Waals surface area (Å²) in [5.74, 6) is -0.933. The minimum Gasteiger partial charge on any atom is -0.393 e. The molecule has 0 aromatic heterocycles. The van der Waals surface area contributed by atoms with E-state index in [1.807, 2.05) is 19.9 Å². The fraction of sp³-hybridized carbons (Fsp3) is 0.938. The Morgan fingerprint density at radius 3 is 2.20 bits per heavy atom. The van der Waals surface area contributed by atoms with Crippen molar-refractivity contribution < 1.29 is 57.3 Å². The van der Waals surface area contributed by atoms with Gasteiger partial charge in [0.2, 0.25) is 0 Å². The van der Waals surface area contributed by atoms with Crippen LogP contribution in [0.1, 0.15) is 79.6 Å². The molecule has 6 unspecified atom stereocenters. The quantitative estimate of drug-likeness (QED) is 0.146. The molecule has 0 amide bonds. The van der Waals surface area contributed by atoms with Crippen molar-refractivity contribution in [3.8, 4) is 0 Å². The number of aliphatic hydroxyl groups excluding tert-OH is 5. The molecule has 4 saturated carbocycles. The van der Waals surface area contributed by atoms with Gasteiger partial charge in [-0.2, -0.15) is 8.42 Å². The molecular formula is C32H54O12S. The van der Waals surface area contributed by atoms with Gasteiger partial charge in [0, 0.05) is 12.3 Å². The number of hydrogen-bond donors (Lipinski definition) is 7. The van der Waals surface area contributed by atoms with Crippen molar-refractivity contribution in [1.82, 2.24) is 0 Å². The zero-order valence-corrected chi connectivity index (χ0v) is 27.8. The van der Waals surface area contributed by atoms with Gasteiger partial charge in [-0.1, -0.05) is 46.8 Å². The van der Waals surface area contributed by atoms with Crippen molar-refractivity contribution >= 4 is 10.4 Å². The third-order valence-corrected chi connectivity index (χ3v) is 13.1. The van der Waals surface area contributed by atoms with E-state index in [0.29, 0.717) is 25.7 Å². The Balaban J connectivity index is 1.33. The predicted octanol–water partition coefficient (Wildman–Crippen LogP) is 1.56. The first kappa shape index (κ1) is 35.6. The van der Waals surface area contributed by atoms with E-state index >= 15 is 0 Å². The van der Waals surface area contributed by atoms with E-state index < -0.39 is 81.8 Å². The van der Waals surface area contributed by atoms with Crippen LogP contribution in [0.25, 0.3) is 0 Å². The predicted molar refractivity (Wildman–Crippen MR) is 162 cm³/mol. The highest BCUT2D eigenvalue weighted by Crippen LogP contribution is 2.69. The van der Waals surface area contributed by atoms with Crippen LogP contribution in [0.2, 0.25) is 0 Å². The minimum absolute atomic E-state index is 0.00544. The standard InChI is InChI=1S/C32H54O12S/c1-16(2)24(43-29-27(37)26(36)23(35)15-42-29)7-6-17(3)19-13-21(33)28-31(19,5)11-9-25-30(4)10-8-18(44-45(39,40)41)12-20(30)22(34)14-32(25,28)38/h6-7,16-29,33-38H,8-15H2,1-5H3,(H,39,40,41)/b7-6+/t17-,18+,19-,20?,21?,22+,23-,24+,25?,26?,27?,28?,29+,30+,31-,32+/m1/s1. The number of fused-ring (bicyclic) bond motifs is 5. The molecule has 260 valence electrons. The molecule has 5 rings (SSSR count). The highest BCUT2D eigenvalue weighted by atomic mass is 32.3. The largest absolute Gasteiger partial charge is 0.397 e. The van der Waals surface area contributed by atoms with Crippen molar-refractivity contribution in [2.24, 2.45) is 46.3 Å². The molecule has 16 atom stereocenters. The molecule has 1 aliphatic heterocycles. The summed E-state index contributed by atoms with van der Waals surface area (Å²) in [4.78, 5) is 0. The van der Waals surface area contributed by atoms with E-state index in [0.717, 1.165) is 6.42 Å². The molecule has 12 nitrogen and oxygen atoms in total. The first-order valence-corrected chi connectivity index (χ1v) is 17.9. The summed E-state index contributed by atoms with van der Waals surface area (Å²) >= 11 is 0. The lowest BCUT2D eigenvalue weighted by molar-refractivity contribution is -0.280. The lowest BCUT2D eigenvalue weighted by Gasteiger charge is -2.66. The summed E-state index contributed by atoms with van der Waals surface area (Å²) < 4.78 is 48.4. The summed E-state index contributed by atoms with van der Waals surface area (Å²) in [7, 11) is -4.62. The molecule has 45 heavy (non-hydrogen) atoms. The maximum Gasteiger partial charge on any atom is 0.397 e. The molecule has 0 aromatic carbocycles. The number of rotatable bonds is 8. The molecule has 0 spiro atoms. The van der Waals surface area contributed by atoms with E-state index in [1.54, 1.807) is 0 Å². The molecule has 7 N–H and O–H groups in total. The van der Waals surface area contributed by atoms with Gasteiger partial charge in [-0.3, -0.25) is 4.55 Å². The van der Waals surface area contributed by atoms with Gasteiger partial charge in [-0.15, -0.1) is 0 Å². The van der Waals surface area contributed by atoms with Crippen LogP contribution in [0, 0.1) is 46.3 Å². The average molecular weight is 663 g/mol. The number of hydrogen-bond acceptors (Lipinski definition) is 11. The topological polar surface area (TPSA) is 203 Å². The second kappa shape index (κ2) is 12.6. The highest BCUT2D eigenvalue weighted by molar-refractivity contribution is 7.80. The Bertz CT molecular complexity index is 1200. The second-order valence-corrected chi connectivity index (χ2v) is 16.7. The van der Waals surface area contributed by atoms with Crippen LogP contribution in [-0.4, -0.2) is 105 Å². The minimum atomic E-state index is -4.62. The van der Waals surface area contributed by atoms with Gasteiger partial charge in [0.1, 0.15) is 18.3 Å². The molecule has 0 bridgehead atoms. The third-order valence-electron chi connectivity index (χ3n) is 12.6. The molecule has 1 heterocycles. The fourth-order valence-electron chi connectivity index (χ4n) is 10.5. The van der Waals surface area contributed by atoms with E-state index in [9.17, 15) is 43.6 Å². The highest BCUT2D eigenvalue weighted by Gasteiger charge is 2.70. The molecule has 0 radical (unpaired) electrons. The molecule has 5 aliphatic rings. The van der Waals surface area contributed by atoms with Crippen LogP contribution in [0.3, 0.4) is 0 Å².